The molecule has 0 N–H and O–H groups in total. The summed E-state index contributed by atoms with van der Waals surface area (Å²) in [5, 5.41) is 0. The van der Waals surface area contributed by atoms with Gasteiger partial charge >= 0.3 is 0 Å². The summed E-state index contributed by atoms with van der Waals surface area (Å²) in [5.74, 6) is 0. The van der Waals surface area contributed by atoms with Crippen LogP contribution in [0.4, 0.5) is 0 Å². The molecule has 1 nitrogen and oxygen atoms in total. The first-order valence-electron chi connectivity index (χ1n) is 1.61. The molecule has 0 aromatic carbocycles. The summed E-state index contributed by atoms with van der Waals surface area (Å²) in [6.45, 7) is 4.27. The predicted molar refractivity (Wildman–Crippen MR) is 28.5 cm³/mol. The molecule has 31 valence electrons. The van der Waals surface area contributed by atoms with Gasteiger partial charge in [-0.3, -0.25) is 0 Å². The molecule has 0 unspecified atom stereocenters. The molecule has 0 bridgehead atoms. The molecule has 0 aliphatic carbocycles. The van der Waals surface area contributed by atoms with Crippen molar-refractivity contribution in [3.8, 4) is 0 Å². The maximum atomic E-state index is 4.99. The second-order valence-electron chi connectivity index (χ2n) is 1.11. The van der Waals surface area contributed by atoms with Gasteiger partial charge in [0.15, 0.2) is 9.04 Å². The van der Waals surface area contributed by atoms with Gasteiger partial charge in [-0.1, -0.05) is 0 Å². The van der Waals surface area contributed by atoms with Crippen LogP contribution in [-0.4, -0.2) is 19.5 Å². The first kappa shape index (κ1) is 5.39. The average molecular weight is 105 g/mol. The van der Waals surface area contributed by atoms with Crippen LogP contribution in [0.15, 0.2) is 0 Å². The Hall–Kier alpha value is 0.394. The van der Waals surface area contributed by atoms with E-state index in [2.05, 4.69) is 13.1 Å². The van der Waals surface area contributed by atoms with Gasteiger partial charge < -0.3 is 4.12 Å². The fourth-order valence-electron chi connectivity index (χ4n) is 0. The Morgan fingerprint density at radius 3 is 1.80 bits per heavy atom. The minimum atomic E-state index is -0.312. The summed E-state index contributed by atoms with van der Waals surface area (Å²) >= 11 is 0. The third kappa shape index (κ3) is 4.39. The van der Waals surface area contributed by atoms with E-state index in [4.69, 9.17) is 4.12 Å². The predicted octanol–water partition coefficient (Wildman–Crippen LogP) is -0.466. The molecule has 5 heavy (non-hydrogen) atoms. The Morgan fingerprint density at radius 1 is 1.60 bits per heavy atom. The van der Waals surface area contributed by atoms with E-state index < -0.39 is 0 Å². The van der Waals surface area contributed by atoms with Gasteiger partial charge in [-0.2, -0.15) is 0 Å². The Balaban J connectivity index is 2.54. The van der Waals surface area contributed by atoms with Crippen molar-refractivity contribution in [3.63, 3.8) is 0 Å². The fraction of sp³-hybridized carbons (Fsp3) is 1.00. The van der Waals surface area contributed by atoms with Crippen LogP contribution < -0.4 is 0 Å². The van der Waals surface area contributed by atoms with Crippen molar-refractivity contribution in [2.45, 2.75) is 13.1 Å². The summed E-state index contributed by atoms with van der Waals surface area (Å²) in [6, 6.07) is 0. The summed E-state index contributed by atoms with van der Waals surface area (Å²) in [5.41, 5.74) is 0. The van der Waals surface area contributed by atoms with Gasteiger partial charge in [0.1, 0.15) is 10.5 Å². The van der Waals surface area contributed by atoms with E-state index in [9.17, 15) is 0 Å². The van der Waals surface area contributed by atoms with Crippen molar-refractivity contribution in [3.05, 3.63) is 0 Å². The molecule has 0 saturated heterocycles. The minimum Gasteiger partial charge on any atom is -0.464 e. The fourth-order valence-corrected chi connectivity index (χ4v) is 0. The second kappa shape index (κ2) is 2.62. The molecule has 0 amide bonds. The van der Waals surface area contributed by atoms with Gasteiger partial charge in [-0.25, -0.2) is 0 Å². The second-order valence-corrected chi connectivity index (χ2v) is 4.56. The maximum absolute atomic E-state index is 4.99. The van der Waals surface area contributed by atoms with Crippen molar-refractivity contribution >= 4 is 19.5 Å². The van der Waals surface area contributed by atoms with Crippen LogP contribution in [0.2, 0.25) is 13.1 Å². The lowest BCUT2D eigenvalue weighted by Crippen LogP contribution is -2.02. The zero-order valence-electron chi connectivity index (χ0n) is 3.91. The van der Waals surface area contributed by atoms with Crippen molar-refractivity contribution in [1.82, 2.24) is 0 Å². The third-order valence-corrected chi connectivity index (χ3v) is 3.67. The van der Waals surface area contributed by atoms with Crippen LogP contribution in [0.1, 0.15) is 0 Å². The van der Waals surface area contributed by atoms with Gasteiger partial charge in [0.2, 0.25) is 0 Å². The summed E-state index contributed by atoms with van der Waals surface area (Å²) < 4.78 is 4.99. The quantitative estimate of drug-likeness (QED) is 0.410. The van der Waals surface area contributed by atoms with E-state index in [1.807, 2.05) is 0 Å². The normalized spacial score (nSPS) is 10.2. The molecule has 3 heteroatoms. The van der Waals surface area contributed by atoms with Crippen molar-refractivity contribution in [1.29, 1.82) is 0 Å². The lowest BCUT2D eigenvalue weighted by atomic mass is 11.9. The zero-order valence-corrected chi connectivity index (χ0v) is 6.91. The Kier molecular flexibility index (Phi) is 2.83. The van der Waals surface area contributed by atoms with Crippen LogP contribution in [0.3, 0.4) is 0 Å². The zero-order chi connectivity index (χ0) is 4.28. The molecule has 0 aromatic heterocycles. The highest BCUT2D eigenvalue weighted by atomic mass is 28.3. The SMILES string of the molecule is C[Si](C)O[SiH3]. The van der Waals surface area contributed by atoms with Crippen molar-refractivity contribution in [2.24, 2.45) is 0 Å². The van der Waals surface area contributed by atoms with Gasteiger partial charge in [0.05, 0.1) is 0 Å². The number of hydrogen-bond donors (Lipinski definition) is 0. The van der Waals surface area contributed by atoms with Gasteiger partial charge in [-0.15, -0.1) is 0 Å². The van der Waals surface area contributed by atoms with Crippen LogP contribution >= 0.6 is 0 Å². The van der Waals surface area contributed by atoms with E-state index in [0.29, 0.717) is 0 Å². The van der Waals surface area contributed by atoms with Crippen LogP contribution in [0.25, 0.3) is 0 Å². The average Bonchev–Trinajstić information content (AvgIpc) is 1.38. The van der Waals surface area contributed by atoms with Gasteiger partial charge in [0.25, 0.3) is 0 Å². The molecule has 0 aliphatic rings. The molecule has 1 radical (unpaired) electrons. The molecule has 0 aromatic rings. The van der Waals surface area contributed by atoms with Crippen LogP contribution in [0, 0.1) is 0 Å². The van der Waals surface area contributed by atoms with Gasteiger partial charge in [0, 0.05) is 0 Å². The Labute approximate surface area is 37.6 Å². The molecule has 0 rings (SSSR count). The molecular weight excluding hydrogens is 96.2 g/mol. The topological polar surface area (TPSA) is 9.23 Å². The molecular formula is C2H9OSi2. The molecule has 0 spiro atoms. The summed E-state index contributed by atoms with van der Waals surface area (Å²) in [7, 11) is 0.606. The summed E-state index contributed by atoms with van der Waals surface area (Å²) in [4.78, 5) is 0. The Morgan fingerprint density at radius 2 is 1.80 bits per heavy atom. The van der Waals surface area contributed by atoms with Crippen LogP contribution in [-0.2, 0) is 4.12 Å². The van der Waals surface area contributed by atoms with Crippen LogP contribution in [0.5, 0.6) is 0 Å². The van der Waals surface area contributed by atoms with Crippen molar-refractivity contribution in [2.75, 3.05) is 0 Å². The first-order chi connectivity index (χ1) is 2.27. The molecule has 0 atom stereocenters. The first-order valence-corrected chi connectivity index (χ1v) is 4.84. The van der Waals surface area contributed by atoms with Crippen molar-refractivity contribution < 1.29 is 4.12 Å². The highest BCUT2D eigenvalue weighted by molar-refractivity contribution is 6.52. The maximum Gasteiger partial charge on any atom is 0.190 e. The standard InChI is InChI=1S/C2H9OSi2/c1-5(2)3-4/h1-2,4H3. The van der Waals surface area contributed by atoms with E-state index in [0.717, 1.165) is 10.5 Å². The van der Waals surface area contributed by atoms with Gasteiger partial charge in [-0.05, 0) is 13.1 Å². The van der Waals surface area contributed by atoms with E-state index >= 15 is 0 Å². The third-order valence-electron chi connectivity index (χ3n) is 0.408. The molecule has 0 fully saturated rings. The highest BCUT2D eigenvalue weighted by Gasteiger charge is 1.84. The lowest BCUT2D eigenvalue weighted by Gasteiger charge is -1.92. The largest absolute Gasteiger partial charge is 0.464 e. The van der Waals surface area contributed by atoms with E-state index in [1.54, 1.807) is 0 Å². The van der Waals surface area contributed by atoms with E-state index in [1.165, 1.54) is 0 Å². The summed E-state index contributed by atoms with van der Waals surface area (Å²) in [6.07, 6.45) is 0. The molecule has 0 saturated carbocycles. The monoisotopic (exact) mass is 105 g/mol. The molecule has 0 heterocycles. The lowest BCUT2D eigenvalue weighted by molar-refractivity contribution is 0.647. The number of rotatable bonds is 1. The smallest absolute Gasteiger partial charge is 0.190 e. The minimum absolute atomic E-state index is 0.312. The highest BCUT2D eigenvalue weighted by Crippen LogP contribution is 1.72. The van der Waals surface area contributed by atoms with E-state index in [-0.39, 0.29) is 9.04 Å². The number of hydrogen-bond acceptors (Lipinski definition) is 1. The molecule has 0 aliphatic heterocycles. The Bertz CT molecular complexity index is 21.6.